The Morgan fingerprint density at radius 1 is 1.39 bits per heavy atom. The molecular formula is C15H19FO2. The summed E-state index contributed by atoms with van der Waals surface area (Å²) in [5, 5.41) is 8.96. The molecule has 2 unspecified atom stereocenters. The van der Waals surface area contributed by atoms with Crippen LogP contribution in [0.4, 0.5) is 4.39 Å². The van der Waals surface area contributed by atoms with Crippen molar-refractivity contribution in [2.24, 2.45) is 5.92 Å². The second-order valence-electron chi connectivity index (χ2n) is 4.33. The van der Waals surface area contributed by atoms with Crippen LogP contribution >= 0.6 is 0 Å². The van der Waals surface area contributed by atoms with E-state index in [4.69, 9.17) is 9.84 Å². The van der Waals surface area contributed by atoms with E-state index < -0.39 is 0 Å². The second-order valence-corrected chi connectivity index (χ2v) is 4.33. The van der Waals surface area contributed by atoms with Crippen molar-refractivity contribution in [3.8, 4) is 17.6 Å². The predicted octanol–water partition coefficient (Wildman–Crippen LogP) is 2.98. The van der Waals surface area contributed by atoms with E-state index in [1.165, 1.54) is 12.1 Å². The number of benzene rings is 1. The van der Waals surface area contributed by atoms with Gasteiger partial charge in [0.2, 0.25) is 0 Å². The van der Waals surface area contributed by atoms with E-state index >= 15 is 0 Å². The molecule has 18 heavy (non-hydrogen) atoms. The second kappa shape index (κ2) is 7.03. The molecule has 1 aromatic carbocycles. The number of aliphatic hydroxyl groups excluding tert-OH is 1. The number of rotatable bonds is 4. The minimum absolute atomic E-state index is 0.116. The quantitative estimate of drug-likeness (QED) is 0.832. The molecule has 0 aliphatic heterocycles. The fourth-order valence-corrected chi connectivity index (χ4v) is 1.25. The zero-order valence-electron chi connectivity index (χ0n) is 11.0. The SMILES string of the molecule is CCC(C)C#Cc1ccc(F)cc1OC(C)CO. The normalized spacial score (nSPS) is 13.4. The Hall–Kier alpha value is -1.53. The van der Waals surface area contributed by atoms with Gasteiger partial charge in [-0.3, -0.25) is 0 Å². The van der Waals surface area contributed by atoms with Crippen LogP contribution in [0.25, 0.3) is 0 Å². The molecule has 98 valence electrons. The van der Waals surface area contributed by atoms with Crippen molar-refractivity contribution in [1.82, 2.24) is 0 Å². The molecule has 1 N–H and O–H groups in total. The lowest BCUT2D eigenvalue weighted by Gasteiger charge is -2.13. The number of hydrogen-bond acceptors (Lipinski definition) is 2. The van der Waals surface area contributed by atoms with E-state index in [1.807, 2.05) is 6.92 Å². The lowest BCUT2D eigenvalue weighted by Crippen LogP contribution is -2.16. The van der Waals surface area contributed by atoms with E-state index in [-0.39, 0.29) is 24.4 Å². The predicted molar refractivity (Wildman–Crippen MR) is 69.9 cm³/mol. The molecule has 0 heterocycles. The van der Waals surface area contributed by atoms with Crippen molar-refractivity contribution in [1.29, 1.82) is 0 Å². The van der Waals surface area contributed by atoms with E-state index in [2.05, 4.69) is 18.8 Å². The van der Waals surface area contributed by atoms with Crippen molar-refractivity contribution < 1.29 is 14.2 Å². The van der Waals surface area contributed by atoms with Gasteiger partial charge in [-0.25, -0.2) is 4.39 Å². The van der Waals surface area contributed by atoms with Crippen molar-refractivity contribution >= 4 is 0 Å². The first-order valence-corrected chi connectivity index (χ1v) is 6.15. The van der Waals surface area contributed by atoms with Crippen LogP contribution in [-0.2, 0) is 0 Å². The van der Waals surface area contributed by atoms with Crippen molar-refractivity contribution in [2.45, 2.75) is 33.3 Å². The number of ether oxygens (including phenoxy) is 1. The summed E-state index contributed by atoms with van der Waals surface area (Å²) in [6.07, 6.45) is 0.591. The van der Waals surface area contributed by atoms with Gasteiger partial charge in [-0.15, -0.1) is 0 Å². The maximum atomic E-state index is 13.2. The first-order chi connectivity index (χ1) is 8.56. The molecule has 1 rings (SSSR count). The molecule has 0 radical (unpaired) electrons. The maximum absolute atomic E-state index is 13.2. The van der Waals surface area contributed by atoms with Crippen LogP contribution in [0, 0.1) is 23.6 Å². The molecular weight excluding hydrogens is 231 g/mol. The van der Waals surface area contributed by atoms with Gasteiger partial charge in [0.25, 0.3) is 0 Å². The van der Waals surface area contributed by atoms with Gasteiger partial charge in [0.15, 0.2) is 0 Å². The van der Waals surface area contributed by atoms with Gasteiger partial charge in [-0.2, -0.15) is 0 Å². The van der Waals surface area contributed by atoms with E-state index in [0.717, 1.165) is 6.42 Å². The van der Waals surface area contributed by atoms with Crippen LogP contribution in [0.1, 0.15) is 32.8 Å². The molecule has 0 spiro atoms. The van der Waals surface area contributed by atoms with Crippen molar-refractivity contribution in [3.63, 3.8) is 0 Å². The molecule has 0 fully saturated rings. The third-order valence-corrected chi connectivity index (χ3v) is 2.59. The number of hydrogen-bond donors (Lipinski definition) is 1. The molecule has 0 saturated heterocycles. The zero-order valence-corrected chi connectivity index (χ0v) is 11.0. The highest BCUT2D eigenvalue weighted by atomic mass is 19.1. The molecule has 0 amide bonds. The Bertz CT molecular complexity index is 446. The molecule has 1 aromatic rings. The smallest absolute Gasteiger partial charge is 0.138 e. The largest absolute Gasteiger partial charge is 0.487 e. The van der Waals surface area contributed by atoms with Crippen LogP contribution in [0.15, 0.2) is 18.2 Å². The van der Waals surface area contributed by atoms with Crippen LogP contribution in [0.3, 0.4) is 0 Å². The molecule has 0 saturated carbocycles. The Balaban J connectivity index is 2.98. The summed E-state index contributed by atoms with van der Waals surface area (Å²) >= 11 is 0. The fourth-order valence-electron chi connectivity index (χ4n) is 1.25. The molecule has 0 aliphatic carbocycles. The third kappa shape index (κ3) is 4.38. The molecule has 3 heteroatoms. The summed E-state index contributed by atoms with van der Waals surface area (Å²) in [7, 11) is 0. The molecule has 0 aliphatic rings. The van der Waals surface area contributed by atoms with Gasteiger partial charge in [-0.1, -0.05) is 25.7 Å². The van der Waals surface area contributed by atoms with Gasteiger partial charge in [0.1, 0.15) is 17.7 Å². The zero-order chi connectivity index (χ0) is 13.5. The summed E-state index contributed by atoms with van der Waals surface area (Å²) in [5.41, 5.74) is 0.650. The van der Waals surface area contributed by atoms with Gasteiger partial charge < -0.3 is 9.84 Å². The minimum atomic E-state index is -0.379. The lowest BCUT2D eigenvalue weighted by molar-refractivity contribution is 0.129. The number of halogens is 1. The number of aliphatic hydroxyl groups is 1. The first kappa shape index (κ1) is 14.5. The summed E-state index contributed by atoms with van der Waals surface area (Å²) in [6, 6.07) is 4.26. The van der Waals surface area contributed by atoms with E-state index in [1.54, 1.807) is 13.0 Å². The van der Waals surface area contributed by atoms with Gasteiger partial charge in [-0.05, 0) is 25.5 Å². The fraction of sp³-hybridized carbons (Fsp3) is 0.467. The topological polar surface area (TPSA) is 29.5 Å². The Morgan fingerprint density at radius 3 is 2.72 bits per heavy atom. The third-order valence-electron chi connectivity index (χ3n) is 2.59. The van der Waals surface area contributed by atoms with Crippen LogP contribution in [0.2, 0.25) is 0 Å². The summed E-state index contributed by atoms with van der Waals surface area (Å²) < 4.78 is 18.6. The highest BCUT2D eigenvalue weighted by molar-refractivity contribution is 5.46. The van der Waals surface area contributed by atoms with E-state index in [0.29, 0.717) is 11.3 Å². The van der Waals surface area contributed by atoms with Crippen LogP contribution in [-0.4, -0.2) is 17.8 Å². The van der Waals surface area contributed by atoms with Crippen molar-refractivity contribution in [3.05, 3.63) is 29.6 Å². The highest BCUT2D eigenvalue weighted by Gasteiger charge is 2.08. The van der Waals surface area contributed by atoms with Crippen LogP contribution < -0.4 is 4.74 Å². The molecule has 2 nitrogen and oxygen atoms in total. The summed E-state index contributed by atoms with van der Waals surface area (Å²) in [5.74, 6) is 6.38. The van der Waals surface area contributed by atoms with E-state index in [9.17, 15) is 4.39 Å². The summed E-state index contributed by atoms with van der Waals surface area (Å²) in [6.45, 7) is 5.70. The minimum Gasteiger partial charge on any atom is -0.487 e. The van der Waals surface area contributed by atoms with Gasteiger partial charge >= 0.3 is 0 Å². The maximum Gasteiger partial charge on any atom is 0.138 e. The van der Waals surface area contributed by atoms with Gasteiger partial charge in [0, 0.05) is 12.0 Å². The van der Waals surface area contributed by atoms with Gasteiger partial charge in [0.05, 0.1) is 12.2 Å². The average Bonchev–Trinajstić information content (AvgIpc) is 2.37. The lowest BCUT2D eigenvalue weighted by atomic mass is 10.1. The monoisotopic (exact) mass is 250 g/mol. The standard InChI is InChI=1S/C15H19FO2/c1-4-11(2)5-6-13-7-8-14(16)9-15(13)18-12(3)10-17/h7-9,11-12,17H,4,10H2,1-3H3. The molecule has 2 atom stereocenters. The molecule has 0 bridgehead atoms. The Labute approximate surface area is 108 Å². The first-order valence-electron chi connectivity index (χ1n) is 6.15. The van der Waals surface area contributed by atoms with Crippen LogP contribution in [0.5, 0.6) is 5.75 Å². The molecule has 0 aromatic heterocycles. The Morgan fingerprint density at radius 2 is 2.11 bits per heavy atom. The van der Waals surface area contributed by atoms with Crippen molar-refractivity contribution in [2.75, 3.05) is 6.61 Å². The summed E-state index contributed by atoms with van der Waals surface area (Å²) in [4.78, 5) is 0. The Kier molecular flexibility index (Phi) is 5.67. The highest BCUT2D eigenvalue weighted by Crippen LogP contribution is 2.20. The average molecular weight is 250 g/mol.